The number of rotatable bonds is 5. The van der Waals surface area contributed by atoms with E-state index in [0.717, 1.165) is 6.42 Å². The number of ether oxygens (including phenoxy) is 1. The first-order valence-electron chi connectivity index (χ1n) is 6.19. The van der Waals surface area contributed by atoms with Crippen molar-refractivity contribution in [3.8, 4) is 11.5 Å². The van der Waals surface area contributed by atoms with Crippen LogP contribution in [0.4, 0.5) is 0 Å². The van der Waals surface area contributed by atoms with Crippen LogP contribution in [0.2, 0.25) is 0 Å². The summed E-state index contributed by atoms with van der Waals surface area (Å²) in [5, 5.41) is 9.86. The summed E-state index contributed by atoms with van der Waals surface area (Å²) in [6.45, 7) is 6.64. The van der Waals surface area contributed by atoms with Crippen LogP contribution in [0, 0.1) is 0 Å². The maximum absolute atomic E-state index is 12.3. The lowest BCUT2D eigenvalue weighted by Gasteiger charge is -2.26. The number of nitrogens with zero attached hydrogens (tertiary/aromatic N) is 1. The Morgan fingerprint density at radius 3 is 2.56 bits per heavy atom. The van der Waals surface area contributed by atoms with E-state index < -0.39 is 0 Å². The second-order valence-corrected chi connectivity index (χ2v) is 4.48. The quantitative estimate of drug-likeness (QED) is 0.875. The summed E-state index contributed by atoms with van der Waals surface area (Å²) in [6.07, 6.45) is 0.890. The van der Waals surface area contributed by atoms with Crippen molar-refractivity contribution >= 4 is 5.91 Å². The average molecular weight is 251 g/mol. The van der Waals surface area contributed by atoms with Crippen molar-refractivity contribution < 1.29 is 14.6 Å². The molecule has 0 saturated heterocycles. The smallest absolute Gasteiger partial charge is 0.257 e. The first-order valence-corrected chi connectivity index (χ1v) is 6.19. The number of phenols is 1. The molecule has 0 radical (unpaired) electrons. The number of phenolic OH excluding ortho intramolecular Hbond substituents is 1. The molecule has 0 spiro atoms. The van der Waals surface area contributed by atoms with E-state index in [4.69, 9.17) is 4.74 Å². The van der Waals surface area contributed by atoms with E-state index in [9.17, 15) is 9.90 Å². The molecule has 0 unspecified atom stereocenters. The molecule has 0 saturated carbocycles. The number of carbonyl (C=O) groups is 1. The topological polar surface area (TPSA) is 49.8 Å². The molecule has 4 nitrogen and oxygen atoms in total. The summed E-state index contributed by atoms with van der Waals surface area (Å²) in [4.78, 5) is 14.1. The Morgan fingerprint density at radius 1 is 1.44 bits per heavy atom. The Balaban J connectivity index is 3.01. The third-order valence-electron chi connectivity index (χ3n) is 2.78. The van der Waals surface area contributed by atoms with Crippen LogP contribution in [0.25, 0.3) is 0 Å². The molecule has 0 bridgehead atoms. The summed E-state index contributed by atoms with van der Waals surface area (Å²) >= 11 is 0. The number of aromatic hydroxyl groups is 1. The Labute approximate surface area is 108 Å². The van der Waals surface area contributed by atoms with Gasteiger partial charge in [0.1, 0.15) is 11.5 Å². The highest BCUT2D eigenvalue weighted by molar-refractivity contribution is 5.97. The molecular weight excluding hydrogens is 230 g/mol. The van der Waals surface area contributed by atoms with Crippen LogP contribution in [-0.2, 0) is 0 Å². The van der Waals surface area contributed by atoms with Crippen molar-refractivity contribution in [1.29, 1.82) is 0 Å². The van der Waals surface area contributed by atoms with E-state index in [1.54, 1.807) is 17.0 Å². The maximum Gasteiger partial charge on any atom is 0.257 e. The summed E-state index contributed by atoms with van der Waals surface area (Å²) in [7, 11) is 1.52. The van der Waals surface area contributed by atoms with E-state index in [0.29, 0.717) is 17.9 Å². The SMILES string of the molecule is CCCN(C(=O)c1ccc(OC)cc1O)C(C)C. The number of methoxy groups -OCH3 is 1. The van der Waals surface area contributed by atoms with E-state index in [2.05, 4.69) is 0 Å². The predicted octanol–water partition coefficient (Wildman–Crippen LogP) is 2.66. The maximum atomic E-state index is 12.3. The van der Waals surface area contributed by atoms with Gasteiger partial charge in [0.05, 0.1) is 12.7 Å². The fourth-order valence-electron chi connectivity index (χ4n) is 1.81. The van der Waals surface area contributed by atoms with E-state index in [-0.39, 0.29) is 17.7 Å². The number of hydrogen-bond donors (Lipinski definition) is 1. The molecule has 1 aromatic rings. The normalized spacial score (nSPS) is 10.5. The van der Waals surface area contributed by atoms with Crippen molar-refractivity contribution in [2.45, 2.75) is 33.2 Å². The zero-order chi connectivity index (χ0) is 13.7. The standard InChI is InChI=1S/C14H21NO3/c1-5-8-15(10(2)3)14(17)12-7-6-11(18-4)9-13(12)16/h6-7,9-10,16H,5,8H2,1-4H3. The van der Waals surface area contributed by atoms with Crippen molar-refractivity contribution in [1.82, 2.24) is 4.90 Å². The molecule has 100 valence electrons. The van der Waals surface area contributed by atoms with Crippen LogP contribution in [-0.4, -0.2) is 35.6 Å². The summed E-state index contributed by atoms with van der Waals surface area (Å²) in [5.41, 5.74) is 0.318. The van der Waals surface area contributed by atoms with Crippen LogP contribution in [0.1, 0.15) is 37.6 Å². The lowest BCUT2D eigenvalue weighted by Crippen LogP contribution is -2.37. The third kappa shape index (κ3) is 3.15. The van der Waals surface area contributed by atoms with Crippen LogP contribution >= 0.6 is 0 Å². The highest BCUT2D eigenvalue weighted by atomic mass is 16.5. The van der Waals surface area contributed by atoms with Crippen LogP contribution in [0.15, 0.2) is 18.2 Å². The van der Waals surface area contributed by atoms with Crippen LogP contribution < -0.4 is 4.74 Å². The second-order valence-electron chi connectivity index (χ2n) is 4.48. The number of hydrogen-bond acceptors (Lipinski definition) is 3. The summed E-state index contributed by atoms with van der Waals surface area (Å²) in [6, 6.07) is 4.84. The number of amides is 1. The monoisotopic (exact) mass is 251 g/mol. The Morgan fingerprint density at radius 2 is 2.11 bits per heavy atom. The molecule has 1 N–H and O–H groups in total. The molecule has 0 aromatic heterocycles. The number of carbonyl (C=O) groups excluding carboxylic acids is 1. The van der Waals surface area contributed by atoms with Gasteiger partial charge < -0.3 is 14.7 Å². The Bertz CT molecular complexity index is 416. The minimum absolute atomic E-state index is 0.0406. The predicted molar refractivity (Wildman–Crippen MR) is 71.1 cm³/mol. The van der Waals surface area contributed by atoms with E-state index in [1.165, 1.54) is 13.2 Å². The van der Waals surface area contributed by atoms with Gasteiger partial charge in [0, 0.05) is 18.7 Å². The Kier molecular flexibility index (Phi) is 5.01. The third-order valence-corrected chi connectivity index (χ3v) is 2.78. The van der Waals surface area contributed by atoms with Gasteiger partial charge in [-0.05, 0) is 32.4 Å². The van der Waals surface area contributed by atoms with Gasteiger partial charge in [-0.3, -0.25) is 4.79 Å². The minimum atomic E-state index is -0.146. The van der Waals surface area contributed by atoms with Crippen molar-refractivity contribution in [3.05, 3.63) is 23.8 Å². The summed E-state index contributed by atoms with van der Waals surface area (Å²) < 4.78 is 5.00. The van der Waals surface area contributed by atoms with Gasteiger partial charge in [-0.25, -0.2) is 0 Å². The lowest BCUT2D eigenvalue weighted by atomic mass is 10.1. The van der Waals surface area contributed by atoms with Crippen molar-refractivity contribution in [2.75, 3.05) is 13.7 Å². The molecule has 0 heterocycles. The van der Waals surface area contributed by atoms with Gasteiger partial charge in [0.15, 0.2) is 0 Å². The van der Waals surface area contributed by atoms with Gasteiger partial charge in [0.2, 0.25) is 0 Å². The highest BCUT2D eigenvalue weighted by Crippen LogP contribution is 2.25. The molecule has 0 aliphatic heterocycles. The number of benzene rings is 1. The Hall–Kier alpha value is -1.71. The van der Waals surface area contributed by atoms with Crippen molar-refractivity contribution in [3.63, 3.8) is 0 Å². The molecule has 0 aliphatic carbocycles. The molecule has 0 atom stereocenters. The zero-order valence-corrected chi connectivity index (χ0v) is 11.4. The summed E-state index contributed by atoms with van der Waals surface area (Å²) in [5.74, 6) is 0.351. The van der Waals surface area contributed by atoms with Crippen LogP contribution in [0.3, 0.4) is 0 Å². The molecule has 1 aromatic carbocycles. The van der Waals surface area contributed by atoms with Crippen LogP contribution in [0.5, 0.6) is 11.5 Å². The minimum Gasteiger partial charge on any atom is -0.507 e. The zero-order valence-electron chi connectivity index (χ0n) is 11.4. The van der Waals surface area contributed by atoms with Gasteiger partial charge in [-0.1, -0.05) is 6.92 Å². The van der Waals surface area contributed by atoms with E-state index >= 15 is 0 Å². The largest absolute Gasteiger partial charge is 0.507 e. The van der Waals surface area contributed by atoms with Crippen molar-refractivity contribution in [2.24, 2.45) is 0 Å². The van der Waals surface area contributed by atoms with Gasteiger partial charge >= 0.3 is 0 Å². The molecular formula is C14H21NO3. The lowest BCUT2D eigenvalue weighted by molar-refractivity contribution is 0.0703. The first kappa shape index (κ1) is 14.4. The highest BCUT2D eigenvalue weighted by Gasteiger charge is 2.20. The van der Waals surface area contributed by atoms with Gasteiger partial charge in [-0.2, -0.15) is 0 Å². The van der Waals surface area contributed by atoms with E-state index in [1.807, 2.05) is 20.8 Å². The fourth-order valence-corrected chi connectivity index (χ4v) is 1.81. The molecule has 4 heteroatoms. The fraction of sp³-hybridized carbons (Fsp3) is 0.500. The molecule has 0 fully saturated rings. The molecule has 1 amide bonds. The second kappa shape index (κ2) is 6.28. The average Bonchev–Trinajstić information content (AvgIpc) is 2.34. The van der Waals surface area contributed by atoms with Gasteiger partial charge in [0.25, 0.3) is 5.91 Å². The molecule has 18 heavy (non-hydrogen) atoms. The molecule has 1 rings (SSSR count). The van der Waals surface area contributed by atoms with Gasteiger partial charge in [-0.15, -0.1) is 0 Å². The molecule has 0 aliphatic rings. The first-order chi connectivity index (χ1) is 8.51.